The molecule has 0 aromatic heterocycles. The number of rotatable bonds is 8. The number of para-hydroxylation sites is 1. The van der Waals surface area contributed by atoms with Crippen molar-refractivity contribution in [3.8, 4) is 5.75 Å². The SMILES string of the molecule is Cl.O=C(CCOc1ccccc1F)NCCCN1CCNCC1. The highest BCUT2D eigenvalue weighted by Gasteiger charge is 2.09. The number of nitrogens with zero attached hydrogens (tertiary/aromatic N) is 1. The monoisotopic (exact) mass is 345 g/mol. The summed E-state index contributed by atoms with van der Waals surface area (Å²) in [6.07, 6.45) is 1.18. The molecule has 0 aliphatic carbocycles. The molecule has 7 heteroatoms. The summed E-state index contributed by atoms with van der Waals surface area (Å²) in [5.74, 6) is -0.274. The van der Waals surface area contributed by atoms with Crippen LogP contribution in [0.25, 0.3) is 0 Å². The summed E-state index contributed by atoms with van der Waals surface area (Å²) in [4.78, 5) is 14.1. The minimum absolute atomic E-state index is 0. The van der Waals surface area contributed by atoms with Crippen LogP contribution in [0, 0.1) is 5.82 Å². The van der Waals surface area contributed by atoms with Gasteiger partial charge in [-0.05, 0) is 25.1 Å². The van der Waals surface area contributed by atoms with Crippen LogP contribution in [0.5, 0.6) is 5.75 Å². The fourth-order valence-electron chi connectivity index (χ4n) is 2.37. The third-order valence-corrected chi connectivity index (χ3v) is 3.61. The molecule has 0 radical (unpaired) electrons. The Balaban J connectivity index is 0.00000264. The van der Waals surface area contributed by atoms with Crippen molar-refractivity contribution in [2.45, 2.75) is 12.8 Å². The summed E-state index contributed by atoms with van der Waals surface area (Å²) < 4.78 is 18.6. The van der Waals surface area contributed by atoms with Gasteiger partial charge < -0.3 is 20.3 Å². The van der Waals surface area contributed by atoms with E-state index in [1.807, 2.05) is 0 Å². The first kappa shape index (κ1) is 19.7. The summed E-state index contributed by atoms with van der Waals surface area (Å²) in [7, 11) is 0. The molecule has 1 aliphatic rings. The van der Waals surface area contributed by atoms with Crippen molar-refractivity contribution in [3.63, 3.8) is 0 Å². The van der Waals surface area contributed by atoms with E-state index in [4.69, 9.17) is 4.74 Å². The van der Waals surface area contributed by atoms with E-state index in [-0.39, 0.29) is 37.1 Å². The smallest absolute Gasteiger partial charge is 0.223 e. The lowest BCUT2D eigenvalue weighted by molar-refractivity contribution is -0.121. The van der Waals surface area contributed by atoms with Gasteiger partial charge in [-0.1, -0.05) is 12.1 Å². The molecule has 1 aromatic rings. The molecule has 2 rings (SSSR count). The number of amides is 1. The molecule has 130 valence electrons. The van der Waals surface area contributed by atoms with E-state index >= 15 is 0 Å². The van der Waals surface area contributed by atoms with Gasteiger partial charge in [0.2, 0.25) is 5.91 Å². The zero-order valence-corrected chi connectivity index (χ0v) is 14.0. The molecule has 1 fully saturated rings. The van der Waals surface area contributed by atoms with Crippen LogP contribution in [0.15, 0.2) is 24.3 Å². The van der Waals surface area contributed by atoms with Gasteiger partial charge in [-0.25, -0.2) is 4.39 Å². The highest BCUT2D eigenvalue weighted by molar-refractivity contribution is 5.85. The Hall–Kier alpha value is -1.37. The van der Waals surface area contributed by atoms with E-state index in [9.17, 15) is 9.18 Å². The number of carbonyl (C=O) groups excluding carboxylic acids is 1. The Morgan fingerprint density at radius 2 is 2.04 bits per heavy atom. The predicted octanol–water partition coefficient (Wildman–Crippen LogP) is 1.43. The summed E-state index contributed by atoms with van der Waals surface area (Å²) >= 11 is 0. The summed E-state index contributed by atoms with van der Waals surface area (Å²) in [6, 6.07) is 6.20. The first-order valence-electron chi connectivity index (χ1n) is 7.83. The predicted molar refractivity (Wildman–Crippen MR) is 90.7 cm³/mol. The average Bonchev–Trinajstić information content (AvgIpc) is 2.54. The highest BCUT2D eigenvalue weighted by atomic mass is 35.5. The maximum atomic E-state index is 13.3. The third-order valence-electron chi connectivity index (χ3n) is 3.61. The Labute approximate surface area is 143 Å². The number of benzene rings is 1. The highest BCUT2D eigenvalue weighted by Crippen LogP contribution is 2.15. The van der Waals surface area contributed by atoms with Gasteiger partial charge in [0.05, 0.1) is 13.0 Å². The number of hydrogen-bond acceptors (Lipinski definition) is 4. The fourth-order valence-corrected chi connectivity index (χ4v) is 2.37. The number of hydrogen-bond donors (Lipinski definition) is 2. The van der Waals surface area contributed by atoms with E-state index in [1.165, 1.54) is 6.07 Å². The lowest BCUT2D eigenvalue weighted by Crippen LogP contribution is -2.44. The van der Waals surface area contributed by atoms with E-state index in [1.54, 1.807) is 18.2 Å². The van der Waals surface area contributed by atoms with E-state index in [0.717, 1.165) is 39.1 Å². The first-order chi connectivity index (χ1) is 10.8. The molecule has 1 heterocycles. The Bertz CT molecular complexity index is 470. The van der Waals surface area contributed by atoms with Crippen molar-refractivity contribution in [2.75, 3.05) is 45.9 Å². The summed E-state index contributed by atoms with van der Waals surface area (Å²) in [6.45, 7) is 6.09. The van der Waals surface area contributed by atoms with Crippen molar-refractivity contribution in [2.24, 2.45) is 0 Å². The average molecular weight is 346 g/mol. The number of halogens is 2. The second kappa shape index (κ2) is 11.2. The molecule has 1 aromatic carbocycles. The van der Waals surface area contributed by atoms with Crippen LogP contribution in [0.1, 0.15) is 12.8 Å². The normalized spacial score (nSPS) is 14.8. The standard InChI is InChI=1S/C16H24FN3O2.ClH/c17-14-4-1-2-5-15(14)22-13-6-16(21)19-7-3-10-20-11-8-18-9-12-20;/h1-2,4-5,18H,3,6-13H2,(H,19,21);1H. The van der Waals surface area contributed by atoms with Gasteiger partial charge >= 0.3 is 0 Å². The molecular formula is C16H25ClFN3O2. The van der Waals surface area contributed by atoms with Crippen molar-refractivity contribution in [1.82, 2.24) is 15.5 Å². The van der Waals surface area contributed by atoms with Crippen LogP contribution < -0.4 is 15.4 Å². The second-order valence-corrected chi connectivity index (χ2v) is 5.32. The quantitative estimate of drug-likeness (QED) is 0.700. The van der Waals surface area contributed by atoms with E-state index < -0.39 is 5.82 Å². The van der Waals surface area contributed by atoms with Gasteiger partial charge in [0.25, 0.3) is 0 Å². The van der Waals surface area contributed by atoms with Gasteiger partial charge in [-0.15, -0.1) is 12.4 Å². The Morgan fingerprint density at radius 3 is 2.78 bits per heavy atom. The molecule has 5 nitrogen and oxygen atoms in total. The van der Waals surface area contributed by atoms with Gasteiger partial charge in [-0.2, -0.15) is 0 Å². The van der Waals surface area contributed by atoms with Crippen molar-refractivity contribution >= 4 is 18.3 Å². The minimum atomic E-state index is -0.404. The van der Waals surface area contributed by atoms with Gasteiger partial charge in [0, 0.05) is 32.7 Å². The zero-order valence-electron chi connectivity index (χ0n) is 13.2. The van der Waals surface area contributed by atoms with Gasteiger partial charge in [0.15, 0.2) is 11.6 Å². The molecule has 0 saturated carbocycles. The number of nitrogens with one attached hydrogen (secondary N) is 2. The molecule has 23 heavy (non-hydrogen) atoms. The second-order valence-electron chi connectivity index (χ2n) is 5.32. The summed E-state index contributed by atoms with van der Waals surface area (Å²) in [5.41, 5.74) is 0. The molecule has 0 bridgehead atoms. The molecule has 0 atom stereocenters. The van der Waals surface area contributed by atoms with Crippen LogP contribution in [-0.4, -0.2) is 56.7 Å². The van der Waals surface area contributed by atoms with Crippen LogP contribution in [0.4, 0.5) is 4.39 Å². The zero-order chi connectivity index (χ0) is 15.6. The van der Waals surface area contributed by atoms with Crippen LogP contribution in [0.3, 0.4) is 0 Å². The first-order valence-corrected chi connectivity index (χ1v) is 7.83. The topological polar surface area (TPSA) is 53.6 Å². The largest absolute Gasteiger partial charge is 0.490 e. The van der Waals surface area contributed by atoms with Gasteiger partial charge in [-0.3, -0.25) is 4.79 Å². The van der Waals surface area contributed by atoms with Crippen molar-refractivity contribution < 1.29 is 13.9 Å². The molecule has 1 saturated heterocycles. The lowest BCUT2D eigenvalue weighted by Gasteiger charge is -2.27. The molecule has 0 spiro atoms. The summed E-state index contributed by atoms with van der Waals surface area (Å²) in [5, 5.41) is 6.18. The van der Waals surface area contributed by atoms with E-state index in [2.05, 4.69) is 15.5 Å². The van der Waals surface area contributed by atoms with Crippen LogP contribution >= 0.6 is 12.4 Å². The maximum absolute atomic E-state index is 13.3. The molecule has 1 amide bonds. The van der Waals surface area contributed by atoms with Crippen LogP contribution in [0.2, 0.25) is 0 Å². The van der Waals surface area contributed by atoms with Crippen LogP contribution in [-0.2, 0) is 4.79 Å². The molecule has 1 aliphatic heterocycles. The Morgan fingerprint density at radius 1 is 1.30 bits per heavy atom. The molecule has 0 unspecified atom stereocenters. The minimum Gasteiger partial charge on any atom is -0.490 e. The van der Waals surface area contributed by atoms with Gasteiger partial charge in [0.1, 0.15) is 0 Å². The lowest BCUT2D eigenvalue weighted by atomic mass is 10.3. The van der Waals surface area contributed by atoms with E-state index in [0.29, 0.717) is 6.54 Å². The molecule has 2 N–H and O–H groups in total. The molecular weight excluding hydrogens is 321 g/mol. The number of ether oxygens (including phenoxy) is 1. The van der Waals surface area contributed by atoms with Crippen molar-refractivity contribution in [1.29, 1.82) is 0 Å². The fraction of sp³-hybridized carbons (Fsp3) is 0.562. The number of carbonyl (C=O) groups is 1. The van der Waals surface area contributed by atoms with Crippen molar-refractivity contribution in [3.05, 3.63) is 30.1 Å². The maximum Gasteiger partial charge on any atom is 0.223 e. The third kappa shape index (κ3) is 7.63. The Kier molecular flexibility index (Phi) is 9.59. The number of piperazine rings is 1.